The van der Waals surface area contributed by atoms with Crippen LogP contribution in [0.5, 0.6) is 0 Å². The molecule has 3 rings (SSSR count). The largest absolute Gasteiger partial charge is 0.356 e. The molecule has 2 fully saturated rings. The minimum atomic E-state index is 0.240. The number of rotatable bonds is 7. The number of amides is 1. The third kappa shape index (κ3) is 5.55. The molecule has 0 radical (unpaired) electrons. The molecule has 1 amide bonds. The van der Waals surface area contributed by atoms with Gasteiger partial charge in [-0.3, -0.25) is 4.79 Å². The quantitative estimate of drug-likeness (QED) is 0.815. The fraction of sp³-hybridized carbons (Fsp3) is 0.682. The number of benzene rings is 1. The Morgan fingerprint density at radius 2 is 1.73 bits per heavy atom. The van der Waals surface area contributed by atoms with Gasteiger partial charge in [0.15, 0.2) is 0 Å². The van der Waals surface area contributed by atoms with E-state index in [4.69, 9.17) is 0 Å². The van der Waals surface area contributed by atoms with E-state index in [9.17, 15) is 4.79 Å². The van der Waals surface area contributed by atoms with Gasteiger partial charge >= 0.3 is 0 Å². The van der Waals surface area contributed by atoms with E-state index < -0.39 is 0 Å². The van der Waals surface area contributed by atoms with E-state index in [0.29, 0.717) is 0 Å². The van der Waals surface area contributed by atoms with E-state index in [-0.39, 0.29) is 11.8 Å². The molecular weight excluding hydrogens is 322 g/mol. The van der Waals surface area contributed by atoms with Crippen LogP contribution in [-0.2, 0) is 11.2 Å². The molecule has 0 unspecified atom stereocenters. The van der Waals surface area contributed by atoms with Crippen LogP contribution in [0.3, 0.4) is 0 Å². The maximum absolute atomic E-state index is 12.0. The normalized spacial score (nSPS) is 21.0. The zero-order valence-corrected chi connectivity index (χ0v) is 16.3. The number of nitrogens with zero attached hydrogens (tertiary/aromatic N) is 2. The molecule has 0 bridgehead atoms. The van der Waals surface area contributed by atoms with Crippen molar-refractivity contribution in [2.75, 3.05) is 39.3 Å². The highest BCUT2D eigenvalue weighted by atomic mass is 16.1. The molecule has 0 aliphatic carbocycles. The average Bonchev–Trinajstić information content (AvgIpc) is 2.70. The molecular formula is C22H35N3O. The topological polar surface area (TPSA) is 35.6 Å². The zero-order chi connectivity index (χ0) is 18.2. The molecule has 0 saturated carbocycles. The Morgan fingerprint density at radius 1 is 1.04 bits per heavy atom. The third-order valence-electron chi connectivity index (χ3n) is 6.11. The summed E-state index contributed by atoms with van der Waals surface area (Å²) in [5, 5.41) is 2.98. The molecule has 0 atom stereocenters. The van der Waals surface area contributed by atoms with Crippen LogP contribution in [-0.4, -0.2) is 61.0 Å². The van der Waals surface area contributed by atoms with E-state index in [1.54, 1.807) is 0 Å². The van der Waals surface area contributed by atoms with Gasteiger partial charge in [-0.2, -0.15) is 0 Å². The first-order chi connectivity index (χ1) is 12.8. The highest BCUT2D eigenvalue weighted by Crippen LogP contribution is 2.24. The predicted molar refractivity (Wildman–Crippen MR) is 107 cm³/mol. The van der Waals surface area contributed by atoms with E-state index in [1.807, 2.05) is 6.92 Å². The molecule has 26 heavy (non-hydrogen) atoms. The predicted octanol–water partition coefficient (Wildman–Crippen LogP) is 2.93. The lowest BCUT2D eigenvalue weighted by atomic mass is 9.92. The summed E-state index contributed by atoms with van der Waals surface area (Å²) < 4.78 is 0. The Labute approximate surface area is 158 Å². The smallest absolute Gasteiger partial charge is 0.223 e. The summed E-state index contributed by atoms with van der Waals surface area (Å²) >= 11 is 0. The highest BCUT2D eigenvalue weighted by molar-refractivity contribution is 5.78. The minimum Gasteiger partial charge on any atom is -0.356 e. The summed E-state index contributed by atoms with van der Waals surface area (Å²) in [6, 6.07) is 11.6. The van der Waals surface area contributed by atoms with E-state index in [0.717, 1.165) is 38.5 Å². The first-order valence-corrected chi connectivity index (χ1v) is 10.5. The first-order valence-electron chi connectivity index (χ1n) is 10.5. The van der Waals surface area contributed by atoms with Crippen molar-refractivity contribution in [2.24, 2.45) is 5.92 Å². The van der Waals surface area contributed by atoms with Crippen LogP contribution in [0.15, 0.2) is 30.3 Å². The number of hydrogen-bond acceptors (Lipinski definition) is 3. The van der Waals surface area contributed by atoms with Crippen molar-refractivity contribution in [1.82, 2.24) is 15.1 Å². The molecule has 1 N–H and O–H groups in total. The van der Waals surface area contributed by atoms with Crippen LogP contribution >= 0.6 is 0 Å². The number of piperidine rings is 2. The summed E-state index contributed by atoms with van der Waals surface area (Å²) in [5.74, 6) is 0.504. The van der Waals surface area contributed by atoms with Crippen molar-refractivity contribution < 1.29 is 4.79 Å². The maximum Gasteiger partial charge on any atom is 0.223 e. The third-order valence-corrected chi connectivity index (χ3v) is 6.11. The van der Waals surface area contributed by atoms with Gasteiger partial charge in [-0.05, 0) is 83.7 Å². The molecule has 2 aliphatic heterocycles. The van der Waals surface area contributed by atoms with Crippen molar-refractivity contribution in [1.29, 1.82) is 0 Å². The molecule has 1 aromatic rings. The van der Waals surface area contributed by atoms with Gasteiger partial charge in [-0.15, -0.1) is 0 Å². The van der Waals surface area contributed by atoms with Crippen LogP contribution in [0, 0.1) is 5.92 Å². The van der Waals surface area contributed by atoms with Crippen molar-refractivity contribution in [3.63, 3.8) is 0 Å². The summed E-state index contributed by atoms with van der Waals surface area (Å²) in [4.78, 5) is 17.3. The van der Waals surface area contributed by atoms with Crippen LogP contribution in [0.25, 0.3) is 0 Å². The van der Waals surface area contributed by atoms with Crippen molar-refractivity contribution in [2.45, 2.75) is 51.5 Å². The molecule has 4 heteroatoms. The Hall–Kier alpha value is -1.39. The van der Waals surface area contributed by atoms with Crippen molar-refractivity contribution in [3.8, 4) is 0 Å². The van der Waals surface area contributed by atoms with E-state index in [2.05, 4.69) is 45.4 Å². The van der Waals surface area contributed by atoms with Crippen molar-refractivity contribution >= 4 is 5.91 Å². The number of carbonyl (C=O) groups excluding carboxylic acids is 1. The number of carbonyl (C=O) groups is 1. The van der Waals surface area contributed by atoms with Gasteiger partial charge in [0.05, 0.1) is 0 Å². The minimum absolute atomic E-state index is 0.240. The van der Waals surface area contributed by atoms with Gasteiger partial charge in [0, 0.05) is 18.5 Å². The number of nitrogens with one attached hydrogen (secondary N) is 1. The number of likely N-dealkylation sites (tertiary alicyclic amines) is 2. The zero-order valence-electron chi connectivity index (χ0n) is 16.3. The molecule has 144 valence electrons. The van der Waals surface area contributed by atoms with E-state index >= 15 is 0 Å². The Balaban J connectivity index is 1.32. The first kappa shape index (κ1) is 19.4. The summed E-state index contributed by atoms with van der Waals surface area (Å²) in [6.45, 7) is 8.63. The fourth-order valence-corrected chi connectivity index (χ4v) is 4.50. The second kappa shape index (κ2) is 10.1. The Bertz CT molecular complexity index is 532. The second-order valence-electron chi connectivity index (χ2n) is 7.87. The molecule has 1 aromatic carbocycles. The molecule has 0 spiro atoms. The Morgan fingerprint density at radius 3 is 2.38 bits per heavy atom. The van der Waals surface area contributed by atoms with Crippen LogP contribution in [0.1, 0.15) is 44.6 Å². The van der Waals surface area contributed by atoms with Gasteiger partial charge in [-0.25, -0.2) is 0 Å². The lowest BCUT2D eigenvalue weighted by Gasteiger charge is -2.41. The van der Waals surface area contributed by atoms with Gasteiger partial charge < -0.3 is 15.1 Å². The fourth-order valence-electron chi connectivity index (χ4n) is 4.50. The summed E-state index contributed by atoms with van der Waals surface area (Å²) in [6.07, 6.45) is 7.08. The highest BCUT2D eigenvalue weighted by Gasteiger charge is 2.30. The van der Waals surface area contributed by atoms with Crippen LogP contribution in [0.2, 0.25) is 0 Å². The lowest BCUT2D eigenvalue weighted by molar-refractivity contribution is -0.126. The van der Waals surface area contributed by atoms with Gasteiger partial charge in [-0.1, -0.05) is 30.3 Å². The summed E-state index contributed by atoms with van der Waals surface area (Å²) in [7, 11) is 0. The molecule has 2 aliphatic rings. The molecule has 0 aromatic heterocycles. The Kier molecular flexibility index (Phi) is 7.51. The number of hydrogen-bond donors (Lipinski definition) is 1. The standard InChI is InChI=1S/C22H35N3O/c1-2-23-22(26)20-10-17-25(18-11-20)21-12-15-24(16-13-21)14-6-9-19-7-4-3-5-8-19/h3-5,7-8,20-21H,2,6,9-18H2,1H3,(H,23,26). The van der Waals surface area contributed by atoms with Gasteiger partial charge in [0.25, 0.3) is 0 Å². The van der Waals surface area contributed by atoms with Crippen molar-refractivity contribution in [3.05, 3.63) is 35.9 Å². The monoisotopic (exact) mass is 357 g/mol. The average molecular weight is 358 g/mol. The maximum atomic E-state index is 12.0. The molecule has 2 saturated heterocycles. The van der Waals surface area contributed by atoms with Gasteiger partial charge in [0.1, 0.15) is 0 Å². The second-order valence-corrected chi connectivity index (χ2v) is 7.87. The van der Waals surface area contributed by atoms with Crippen LogP contribution in [0.4, 0.5) is 0 Å². The lowest BCUT2D eigenvalue weighted by Crippen LogP contribution is -2.49. The molecule has 4 nitrogen and oxygen atoms in total. The SMILES string of the molecule is CCNC(=O)C1CCN(C2CCN(CCCc3ccccc3)CC2)CC1. The van der Waals surface area contributed by atoms with E-state index in [1.165, 1.54) is 50.9 Å². The van der Waals surface area contributed by atoms with Crippen LogP contribution < -0.4 is 5.32 Å². The summed E-state index contributed by atoms with van der Waals surface area (Å²) in [5.41, 5.74) is 1.46. The van der Waals surface area contributed by atoms with Gasteiger partial charge in [0.2, 0.25) is 5.91 Å². The number of aryl methyl sites for hydroxylation is 1. The molecule has 2 heterocycles.